The van der Waals surface area contributed by atoms with Crippen LogP contribution in [0.4, 0.5) is 0 Å². The summed E-state index contributed by atoms with van der Waals surface area (Å²) in [6, 6.07) is 0. The maximum atomic E-state index is 11.8. The average Bonchev–Trinajstić information content (AvgIpc) is 2.23. The summed E-state index contributed by atoms with van der Waals surface area (Å²) in [7, 11) is 0. The van der Waals surface area contributed by atoms with E-state index in [9.17, 15) is 9.90 Å². The molecular formula is C15H22O2. The predicted octanol–water partition coefficient (Wildman–Crippen LogP) is 3.19. The molecule has 1 aliphatic rings. The van der Waals surface area contributed by atoms with Gasteiger partial charge in [0, 0.05) is 0 Å². The Balaban J connectivity index is 3.05. The summed E-state index contributed by atoms with van der Waals surface area (Å²) in [6.07, 6.45) is 8.27. The molecule has 0 aliphatic heterocycles. The van der Waals surface area contributed by atoms with E-state index in [0.717, 1.165) is 12.0 Å². The Morgan fingerprint density at radius 2 is 2.00 bits per heavy atom. The smallest absolute Gasteiger partial charge is 0.181 e. The van der Waals surface area contributed by atoms with Gasteiger partial charge in [-0.1, -0.05) is 31.6 Å². The molecule has 94 valence electrons. The highest BCUT2D eigenvalue weighted by Gasteiger charge is 2.15. The number of hydrogen-bond acceptors (Lipinski definition) is 2. The van der Waals surface area contributed by atoms with Crippen LogP contribution in [0.15, 0.2) is 35.5 Å². The van der Waals surface area contributed by atoms with E-state index in [1.165, 1.54) is 0 Å². The van der Waals surface area contributed by atoms with Gasteiger partial charge in [-0.15, -0.1) is 0 Å². The number of carbonyl (C=O) groups excluding carboxylic acids is 1. The largest absolute Gasteiger partial charge is 0.389 e. The summed E-state index contributed by atoms with van der Waals surface area (Å²) in [5.74, 6) is -0.0170. The first-order chi connectivity index (χ1) is 7.80. The van der Waals surface area contributed by atoms with Crippen LogP contribution in [-0.4, -0.2) is 17.0 Å². The zero-order chi connectivity index (χ0) is 13.1. The van der Waals surface area contributed by atoms with Gasteiger partial charge in [-0.3, -0.25) is 4.79 Å². The van der Waals surface area contributed by atoms with Gasteiger partial charge in [0.2, 0.25) is 0 Å². The van der Waals surface area contributed by atoms with Crippen LogP contribution in [0.25, 0.3) is 0 Å². The predicted molar refractivity (Wildman–Crippen MR) is 70.7 cm³/mol. The average molecular weight is 234 g/mol. The Bertz CT molecular complexity index is 384. The van der Waals surface area contributed by atoms with Crippen molar-refractivity contribution in [3.8, 4) is 0 Å². The zero-order valence-corrected chi connectivity index (χ0v) is 11.2. The molecule has 1 atom stereocenters. The van der Waals surface area contributed by atoms with Gasteiger partial charge in [-0.2, -0.15) is 0 Å². The van der Waals surface area contributed by atoms with Crippen molar-refractivity contribution in [3.63, 3.8) is 0 Å². The normalized spacial score (nSPS) is 33.9. The Kier molecular flexibility index (Phi) is 4.47. The fourth-order valence-corrected chi connectivity index (χ4v) is 1.78. The van der Waals surface area contributed by atoms with E-state index in [-0.39, 0.29) is 11.2 Å². The third-order valence-electron chi connectivity index (χ3n) is 3.02. The van der Waals surface area contributed by atoms with Gasteiger partial charge >= 0.3 is 0 Å². The minimum Gasteiger partial charge on any atom is -0.389 e. The minimum absolute atomic E-state index is 0.0170. The fraction of sp³-hybridized carbons (Fsp3) is 0.533. The zero-order valence-electron chi connectivity index (χ0n) is 11.2. The van der Waals surface area contributed by atoms with E-state index in [4.69, 9.17) is 0 Å². The van der Waals surface area contributed by atoms with E-state index in [0.29, 0.717) is 12.0 Å². The molecule has 0 radical (unpaired) electrons. The Morgan fingerprint density at radius 1 is 1.35 bits per heavy atom. The molecule has 17 heavy (non-hydrogen) atoms. The molecule has 0 saturated carbocycles. The summed E-state index contributed by atoms with van der Waals surface area (Å²) in [6.45, 7) is 7.98. The molecule has 0 fully saturated rings. The molecule has 1 rings (SSSR count). The van der Waals surface area contributed by atoms with E-state index in [1.807, 2.05) is 13.0 Å². The third kappa shape index (κ3) is 4.70. The minimum atomic E-state index is -0.565. The number of aliphatic hydroxyl groups is 1. The van der Waals surface area contributed by atoms with Gasteiger partial charge < -0.3 is 5.11 Å². The molecule has 0 spiro atoms. The van der Waals surface area contributed by atoms with E-state index in [1.54, 1.807) is 19.1 Å². The molecule has 1 aliphatic carbocycles. The number of rotatable bonds is 0. The van der Waals surface area contributed by atoms with E-state index >= 15 is 0 Å². The highest BCUT2D eigenvalue weighted by atomic mass is 16.3. The summed E-state index contributed by atoms with van der Waals surface area (Å²) in [5.41, 5.74) is 1.75. The SMILES string of the molecule is C/C1=C/CC(C)(C)/C=C/C(=O)/C(C)=C\[C@H](O)C1. The number of allylic oxidation sites excluding steroid dienone is 4. The van der Waals surface area contributed by atoms with Crippen LogP contribution in [0, 0.1) is 5.41 Å². The molecule has 0 aromatic rings. The molecule has 0 bridgehead atoms. The number of ketones is 1. The highest BCUT2D eigenvalue weighted by Crippen LogP contribution is 2.25. The molecule has 0 amide bonds. The molecule has 2 nitrogen and oxygen atoms in total. The molecule has 0 heterocycles. The lowest BCUT2D eigenvalue weighted by atomic mass is 9.87. The third-order valence-corrected chi connectivity index (χ3v) is 3.02. The van der Waals surface area contributed by atoms with Crippen LogP contribution in [-0.2, 0) is 4.79 Å². The number of carbonyl (C=O) groups is 1. The van der Waals surface area contributed by atoms with Gasteiger partial charge in [0.05, 0.1) is 6.10 Å². The molecule has 0 saturated heterocycles. The molecular weight excluding hydrogens is 212 g/mol. The first kappa shape index (κ1) is 13.9. The molecule has 0 unspecified atom stereocenters. The second-order valence-electron chi connectivity index (χ2n) is 5.56. The second kappa shape index (κ2) is 5.46. The Labute approximate surface area is 104 Å². The van der Waals surface area contributed by atoms with Crippen molar-refractivity contribution >= 4 is 5.78 Å². The monoisotopic (exact) mass is 234 g/mol. The van der Waals surface area contributed by atoms with Crippen LogP contribution in [0.3, 0.4) is 0 Å². The second-order valence-corrected chi connectivity index (χ2v) is 5.56. The van der Waals surface area contributed by atoms with Gasteiger partial charge in [-0.25, -0.2) is 0 Å². The number of aliphatic hydroxyl groups excluding tert-OH is 1. The Morgan fingerprint density at radius 3 is 2.65 bits per heavy atom. The van der Waals surface area contributed by atoms with Crippen molar-refractivity contribution < 1.29 is 9.90 Å². The maximum absolute atomic E-state index is 11.8. The van der Waals surface area contributed by atoms with Gasteiger partial charge in [-0.05, 0) is 49.8 Å². The lowest BCUT2D eigenvalue weighted by Crippen LogP contribution is -2.07. The molecule has 1 N–H and O–H groups in total. The van der Waals surface area contributed by atoms with Crippen molar-refractivity contribution in [1.82, 2.24) is 0 Å². The standard InChI is InChI=1S/C15H22O2/c1-11-5-7-15(3,4)8-6-14(17)12(2)10-13(16)9-11/h5-6,8,10,13,16H,7,9H2,1-4H3/b8-6+,11-5-,12-10-/t13-/m1/s1. The molecule has 2 heteroatoms. The van der Waals surface area contributed by atoms with Crippen LogP contribution < -0.4 is 0 Å². The maximum Gasteiger partial charge on any atom is 0.181 e. The van der Waals surface area contributed by atoms with Gasteiger partial charge in [0.15, 0.2) is 5.78 Å². The van der Waals surface area contributed by atoms with Crippen LogP contribution >= 0.6 is 0 Å². The van der Waals surface area contributed by atoms with Gasteiger partial charge in [0.1, 0.15) is 0 Å². The summed E-state index contributed by atoms with van der Waals surface area (Å²) in [4.78, 5) is 11.8. The van der Waals surface area contributed by atoms with Crippen molar-refractivity contribution in [2.24, 2.45) is 5.41 Å². The van der Waals surface area contributed by atoms with Crippen molar-refractivity contribution in [1.29, 1.82) is 0 Å². The summed E-state index contributed by atoms with van der Waals surface area (Å²) in [5, 5.41) is 9.82. The quantitative estimate of drug-likeness (QED) is 0.654. The van der Waals surface area contributed by atoms with Crippen molar-refractivity contribution in [3.05, 3.63) is 35.5 Å². The van der Waals surface area contributed by atoms with Crippen LogP contribution in [0.5, 0.6) is 0 Å². The van der Waals surface area contributed by atoms with Crippen molar-refractivity contribution in [2.75, 3.05) is 0 Å². The molecule has 0 aromatic heterocycles. The Hall–Kier alpha value is -1.15. The number of hydrogen-bond donors (Lipinski definition) is 1. The topological polar surface area (TPSA) is 37.3 Å². The van der Waals surface area contributed by atoms with E-state index in [2.05, 4.69) is 19.9 Å². The van der Waals surface area contributed by atoms with Gasteiger partial charge in [0.25, 0.3) is 0 Å². The van der Waals surface area contributed by atoms with Crippen molar-refractivity contribution in [2.45, 2.75) is 46.6 Å². The summed E-state index contributed by atoms with van der Waals surface area (Å²) >= 11 is 0. The first-order valence-corrected chi connectivity index (χ1v) is 6.06. The first-order valence-electron chi connectivity index (χ1n) is 6.06. The highest BCUT2D eigenvalue weighted by molar-refractivity contribution is 6.03. The lowest BCUT2D eigenvalue weighted by Gasteiger charge is -2.18. The van der Waals surface area contributed by atoms with Crippen LogP contribution in [0.2, 0.25) is 0 Å². The van der Waals surface area contributed by atoms with E-state index < -0.39 is 6.10 Å². The summed E-state index contributed by atoms with van der Waals surface area (Å²) < 4.78 is 0. The lowest BCUT2D eigenvalue weighted by molar-refractivity contribution is -0.111. The fourth-order valence-electron chi connectivity index (χ4n) is 1.78. The molecule has 0 aromatic carbocycles. The van der Waals surface area contributed by atoms with Crippen LogP contribution in [0.1, 0.15) is 40.5 Å².